The molecule has 1 heterocycles. The maximum atomic E-state index is 4.12. The first kappa shape index (κ1) is 12.9. The first-order chi connectivity index (χ1) is 9.07. The van der Waals surface area contributed by atoms with Gasteiger partial charge in [0.05, 0.1) is 0 Å². The molecule has 4 aliphatic rings. The van der Waals surface area contributed by atoms with Gasteiger partial charge < -0.3 is 0 Å². The number of rotatable bonds is 3. The molecule has 0 saturated heterocycles. The molecule has 0 spiro atoms. The quantitative estimate of drug-likeness (QED) is 0.623. The van der Waals surface area contributed by atoms with Crippen LogP contribution in [-0.2, 0) is 6.42 Å². The van der Waals surface area contributed by atoms with Gasteiger partial charge in [0.25, 0.3) is 0 Å². The molecule has 19 heavy (non-hydrogen) atoms. The first-order valence-corrected chi connectivity index (χ1v) is 9.58. The van der Waals surface area contributed by atoms with Crippen molar-refractivity contribution in [2.45, 2.75) is 56.7 Å². The van der Waals surface area contributed by atoms with E-state index < -0.39 is 0 Å². The summed E-state index contributed by atoms with van der Waals surface area (Å²) in [4.78, 5) is 0.694. The lowest BCUT2D eigenvalue weighted by Gasteiger charge is -2.63. The van der Waals surface area contributed by atoms with Crippen LogP contribution >= 0.6 is 27.3 Å². The van der Waals surface area contributed by atoms with Gasteiger partial charge in [0.2, 0.25) is 0 Å². The van der Waals surface area contributed by atoms with Crippen LogP contribution in [0.25, 0.3) is 0 Å². The molecule has 1 aromatic rings. The Balaban J connectivity index is 1.59. The molecule has 104 valence electrons. The van der Waals surface area contributed by atoms with Gasteiger partial charge in [-0.15, -0.1) is 0 Å². The number of halogens is 1. The molecule has 4 saturated carbocycles. The van der Waals surface area contributed by atoms with Gasteiger partial charge >= 0.3 is 0 Å². The lowest BCUT2D eigenvalue weighted by atomic mass is 9.44. The highest BCUT2D eigenvalue weighted by atomic mass is 79.9. The van der Waals surface area contributed by atoms with Crippen LogP contribution in [0.2, 0.25) is 0 Å². The monoisotopic (exact) mass is 338 g/mol. The van der Waals surface area contributed by atoms with Crippen LogP contribution in [0, 0.1) is 22.7 Å². The second-order valence-corrected chi connectivity index (χ2v) is 9.82. The van der Waals surface area contributed by atoms with E-state index in [1.54, 1.807) is 0 Å². The number of hydrogen-bond acceptors (Lipinski definition) is 1. The summed E-state index contributed by atoms with van der Waals surface area (Å²) in [7, 11) is 0. The summed E-state index contributed by atoms with van der Waals surface area (Å²) in [6.07, 6.45) is 10.3. The van der Waals surface area contributed by atoms with E-state index in [4.69, 9.17) is 0 Å². The van der Waals surface area contributed by atoms with Gasteiger partial charge in [0.15, 0.2) is 0 Å². The predicted octanol–water partition coefficient (Wildman–Crippen LogP) is 5.66. The molecular weight excluding hydrogens is 316 g/mol. The number of alkyl halides is 1. The molecule has 4 aliphatic carbocycles. The molecule has 4 fully saturated rings. The Bertz CT molecular complexity index is 450. The lowest BCUT2D eigenvalue weighted by Crippen LogP contribution is -2.54. The Morgan fingerprint density at radius 3 is 2.63 bits per heavy atom. The van der Waals surface area contributed by atoms with Crippen LogP contribution in [0.4, 0.5) is 0 Å². The number of thiophene rings is 1. The smallest absolute Gasteiger partial charge is 0.0243 e. The van der Waals surface area contributed by atoms with E-state index in [0.717, 1.165) is 11.8 Å². The second kappa shape index (κ2) is 4.34. The van der Waals surface area contributed by atoms with Crippen molar-refractivity contribution in [1.29, 1.82) is 0 Å². The third kappa shape index (κ3) is 2.14. The molecule has 0 aliphatic heterocycles. The van der Waals surface area contributed by atoms with Gasteiger partial charge in [-0.25, -0.2) is 0 Å². The number of hydrogen-bond donors (Lipinski definition) is 0. The van der Waals surface area contributed by atoms with E-state index in [1.807, 2.05) is 11.3 Å². The Kier molecular flexibility index (Phi) is 2.94. The molecule has 4 bridgehead atoms. The first-order valence-electron chi connectivity index (χ1n) is 7.72. The van der Waals surface area contributed by atoms with Gasteiger partial charge in [0, 0.05) is 4.83 Å². The Labute approximate surface area is 129 Å². The molecule has 0 nitrogen and oxygen atoms in total. The molecular formula is C17H23BrS. The van der Waals surface area contributed by atoms with E-state index >= 15 is 0 Å². The lowest BCUT2D eigenvalue weighted by molar-refractivity contribution is -0.101. The molecule has 1 aromatic heterocycles. The third-order valence-corrected chi connectivity index (χ3v) is 8.09. The van der Waals surface area contributed by atoms with Crippen molar-refractivity contribution in [3.8, 4) is 0 Å². The van der Waals surface area contributed by atoms with Crippen LogP contribution in [0.15, 0.2) is 16.8 Å². The zero-order valence-electron chi connectivity index (χ0n) is 11.7. The minimum atomic E-state index is 0.612. The second-order valence-electron chi connectivity index (χ2n) is 7.94. The van der Waals surface area contributed by atoms with Crippen molar-refractivity contribution < 1.29 is 0 Å². The molecule has 2 heteroatoms. The topological polar surface area (TPSA) is 0 Å². The largest absolute Gasteiger partial charge is 0.152 e. The fraction of sp³-hybridized carbons (Fsp3) is 0.765. The minimum Gasteiger partial charge on any atom is -0.152 e. The fourth-order valence-corrected chi connectivity index (χ4v) is 7.59. The van der Waals surface area contributed by atoms with Crippen molar-refractivity contribution in [3.63, 3.8) is 0 Å². The van der Waals surface area contributed by atoms with Crippen LogP contribution in [-0.4, -0.2) is 4.83 Å². The summed E-state index contributed by atoms with van der Waals surface area (Å²) in [5.41, 5.74) is 2.82. The van der Waals surface area contributed by atoms with Crippen LogP contribution in [0.3, 0.4) is 0 Å². The van der Waals surface area contributed by atoms with Gasteiger partial charge in [0.1, 0.15) is 0 Å². The Morgan fingerprint density at radius 2 is 2.05 bits per heavy atom. The maximum Gasteiger partial charge on any atom is 0.0243 e. The molecule has 0 radical (unpaired) electrons. The van der Waals surface area contributed by atoms with Crippen molar-refractivity contribution in [1.82, 2.24) is 0 Å². The highest BCUT2D eigenvalue weighted by Gasteiger charge is 2.57. The van der Waals surface area contributed by atoms with Gasteiger partial charge in [-0.1, -0.05) is 22.9 Å². The van der Waals surface area contributed by atoms with E-state index in [-0.39, 0.29) is 0 Å². The summed E-state index contributed by atoms with van der Waals surface area (Å²) in [6.45, 7) is 2.57. The average Bonchev–Trinajstić information content (AvgIpc) is 2.78. The maximum absolute atomic E-state index is 4.12. The van der Waals surface area contributed by atoms with Crippen LogP contribution in [0.1, 0.15) is 51.0 Å². The molecule has 0 N–H and O–H groups in total. The van der Waals surface area contributed by atoms with Crippen molar-refractivity contribution in [2.24, 2.45) is 22.7 Å². The molecule has 0 amide bonds. The molecule has 5 rings (SSSR count). The van der Waals surface area contributed by atoms with Crippen LogP contribution in [0.5, 0.6) is 0 Å². The normalized spacial score (nSPS) is 45.6. The van der Waals surface area contributed by atoms with E-state index in [1.165, 1.54) is 50.5 Å². The summed E-state index contributed by atoms with van der Waals surface area (Å²) in [5.74, 6) is 2.07. The minimum absolute atomic E-state index is 0.612. The van der Waals surface area contributed by atoms with Gasteiger partial charge in [-0.2, -0.15) is 11.3 Å². The average molecular weight is 339 g/mol. The van der Waals surface area contributed by atoms with Crippen molar-refractivity contribution in [3.05, 3.63) is 22.4 Å². The van der Waals surface area contributed by atoms with E-state index in [2.05, 4.69) is 39.7 Å². The van der Waals surface area contributed by atoms with Crippen molar-refractivity contribution in [2.75, 3.05) is 0 Å². The molecule has 0 aromatic carbocycles. The Hall–Kier alpha value is 0.180. The van der Waals surface area contributed by atoms with E-state index in [9.17, 15) is 0 Å². The zero-order valence-corrected chi connectivity index (χ0v) is 14.1. The molecule has 3 unspecified atom stereocenters. The SMILES string of the molecule is CC12CC3CC(C1)CC(C(Br)Cc1ccsc1)(C3)C2. The third-order valence-electron chi connectivity index (χ3n) is 6.06. The van der Waals surface area contributed by atoms with Gasteiger partial charge in [-0.3, -0.25) is 0 Å². The van der Waals surface area contributed by atoms with E-state index in [0.29, 0.717) is 15.7 Å². The highest BCUT2D eigenvalue weighted by molar-refractivity contribution is 9.09. The summed E-state index contributed by atoms with van der Waals surface area (Å²) >= 11 is 5.95. The van der Waals surface area contributed by atoms with Crippen LogP contribution < -0.4 is 0 Å². The highest BCUT2D eigenvalue weighted by Crippen LogP contribution is 2.67. The molecule has 3 atom stereocenters. The van der Waals surface area contributed by atoms with Crippen molar-refractivity contribution >= 4 is 27.3 Å². The van der Waals surface area contributed by atoms with Gasteiger partial charge in [-0.05, 0) is 90.0 Å². The predicted molar refractivity (Wildman–Crippen MR) is 86.0 cm³/mol. The summed E-state index contributed by atoms with van der Waals surface area (Å²) in [5, 5.41) is 4.55. The summed E-state index contributed by atoms with van der Waals surface area (Å²) < 4.78 is 0. The summed E-state index contributed by atoms with van der Waals surface area (Å²) in [6, 6.07) is 2.31. The zero-order chi connectivity index (χ0) is 13.1. The fourth-order valence-electron chi connectivity index (χ4n) is 6.00. The standard InChI is InChI=1S/C17H23BrS/c1-16-6-13-4-14(7-16)9-17(8-13,11-16)15(18)5-12-2-3-19-10-12/h2-3,10,13-15H,4-9,11H2,1H3. The Morgan fingerprint density at radius 1 is 1.32 bits per heavy atom.